The third-order valence-electron chi connectivity index (χ3n) is 2.10. The highest BCUT2D eigenvalue weighted by atomic mass is 16.1. The van der Waals surface area contributed by atoms with Crippen molar-refractivity contribution in [1.82, 2.24) is 0 Å². The lowest BCUT2D eigenvalue weighted by Crippen LogP contribution is -2.21. The highest BCUT2D eigenvalue weighted by Gasteiger charge is 2.18. The van der Waals surface area contributed by atoms with E-state index in [1.165, 1.54) is 6.08 Å². The zero-order chi connectivity index (χ0) is 11.3. The highest BCUT2D eigenvalue weighted by molar-refractivity contribution is 6.00. The van der Waals surface area contributed by atoms with Crippen LogP contribution in [0.3, 0.4) is 0 Å². The molecular formula is C12H13NO2. The van der Waals surface area contributed by atoms with Gasteiger partial charge < -0.3 is 5.73 Å². The smallest absolute Gasteiger partial charge is 0.218 e. The molecule has 0 spiro atoms. The molecule has 0 saturated heterocycles. The predicted molar refractivity (Wildman–Crippen MR) is 58.3 cm³/mol. The van der Waals surface area contributed by atoms with E-state index in [0.717, 1.165) is 0 Å². The summed E-state index contributed by atoms with van der Waals surface area (Å²) in [5, 5.41) is 0. The van der Waals surface area contributed by atoms with Crippen molar-refractivity contribution >= 4 is 11.7 Å². The van der Waals surface area contributed by atoms with Crippen LogP contribution in [0.2, 0.25) is 0 Å². The summed E-state index contributed by atoms with van der Waals surface area (Å²) in [6.45, 7) is 3.53. The molecule has 0 bridgehead atoms. The van der Waals surface area contributed by atoms with Gasteiger partial charge in [0.15, 0.2) is 5.78 Å². The van der Waals surface area contributed by atoms with Crippen LogP contribution >= 0.6 is 0 Å². The number of carbonyl (C=O) groups is 2. The zero-order valence-corrected chi connectivity index (χ0v) is 8.35. The van der Waals surface area contributed by atoms with Crippen molar-refractivity contribution in [2.75, 3.05) is 0 Å². The van der Waals surface area contributed by atoms with Crippen molar-refractivity contribution in [2.45, 2.75) is 6.42 Å². The fourth-order valence-electron chi connectivity index (χ4n) is 1.32. The number of amides is 1. The van der Waals surface area contributed by atoms with Gasteiger partial charge in [0.05, 0.1) is 0 Å². The van der Waals surface area contributed by atoms with Crippen LogP contribution in [0.5, 0.6) is 0 Å². The molecule has 3 nitrogen and oxygen atoms in total. The Bertz CT molecular complexity index is 370. The molecule has 1 unspecified atom stereocenters. The largest absolute Gasteiger partial charge is 0.370 e. The Morgan fingerprint density at radius 1 is 1.33 bits per heavy atom. The number of Topliss-reactive ketones (excluding diaryl/α,β-unsaturated/α-hetero) is 1. The molecule has 2 N–H and O–H groups in total. The van der Waals surface area contributed by atoms with E-state index >= 15 is 0 Å². The molecular weight excluding hydrogens is 190 g/mol. The summed E-state index contributed by atoms with van der Waals surface area (Å²) in [5.41, 5.74) is 5.62. The third kappa shape index (κ3) is 3.06. The summed E-state index contributed by atoms with van der Waals surface area (Å²) in [6, 6.07) is 8.79. The number of nitrogens with two attached hydrogens (primary N) is 1. The number of ketones is 1. The van der Waals surface area contributed by atoms with Gasteiger partial charge in [0, 0.05) is 17.9 Å². The Morgan fingerprint density at radius 3 is 2.40 bits per heavy atom. The van der Waals surface area contributed by atoms with E-state index < -0.39 is 11.8 Å². The van der Waals surface area contributed by atoms with Crippen LogP contribution < -0.4 is 5.73 Å². The van der Waals surface area contributed by atoms with Crippen molar-refractivity contribution in [3.05, 3.63) is 48.6 Å². The van der Waals surface area contributed by atoms with Gasteiger partial charge >= 0.3 is 0 Å². The first-order chi connectivity index (χ1) is 7.15. The fourth-order valence-corrected chi connectivity index (χ4v) is 1.32. The summed E-state index contributed by atoms with van der Waals surface area (Å²) in [7, 11) is 0. The number of primary amides is 1. The lowest BCUT2D eigenvalue weighted by atomic mass is 9.94. The molecule has 0 heterocycles. The van der Waals surface area contributed by atoms with E-state index in [9.17, 15) is 9.59 Å². The van der Waals surface area contributed by atoms with Crippen molar-refractivity contribution in [1.29, 1.82) is 0 Å². The van der Waals surface area contributed by atoms with E-state index in [2.05, 4.69) is 6.58 Å². The van der Waals surface area contributed by atoms with Gasteiger partial charge in [0.25, 0.3) is 0 Å². The Kier molecular flexibility index (Phi) is 3.80. The second-order valence-electron chi connectivity index (χ2n) is 3.24. The zero-order valence-electron chi connectivity index (χ0n) is 8.35. The number of hydrogen-bond acceptors (Lipinski definition) is 2. The van der Waals surface area contributed by atoms with Crippen molar-refractivity contribution in [2.24, 2.45) is 11.7 Å². The normalized spacial score (nSPS) is 11.7. The van der Waals surface area contributed by atoms with Crippen LogP contribution in [0.4, 0.5) is 0 Å². The Morgan fingerprint density at radius 2 is 1.93 bits per heavy atom. The average molecular weight is 203 g/mol. The molecule has 1 amide bonds. The van der Waals surface area contributed by atoms with E-state index in [4.69, 9.17) is 5.73 Å². The van der Waals surface area contributed by atoms with Gasteiger partial charge in [-0.2, -0.15) is 0 Å². The standard InChI is InChI=1S/C12H13NO2/c1-2-9(8-11(13)14)12(15)10-6-4-3-5-7-10/h2-7,9H,1,8H2,(H2,13,14). The van der Waals surface area contributed by atoms with E-state index in [1.807, 2.05) is 6.07 Å². The van der Waals surface area contributed by atoms with E-state index in [-0.39, 0.29) is 12.2 Å². The van der Waals surface area contributed by atoms with E-state index in [0.29, 0.717) is 5.56 Å². The molecule has 1 aromatic rings. The van der Waals surface area contributed by atoms with Crippen LogP contribution in [0.15, 0.2) is 43.0 Å². The first-order valence-electron chi connectivity index (χ1n) is 4.65. The maximum absolute atomic E-state index is 11.8. The van der Waals surface area contributed by atoms with Crippen molar-refractivity contribution < 1.29 is 9.59 Å². The van der Waals surface area contributed by atoms with Gasteiger partial charge in [-0.25, -0.2) is 0 Å². The maximum atomic E-state index is 11.8. The Labute approximate surface area is 88.6 Å². The minimum absolute atomic E-state index is 0.0111. The van der Waals surface area contributed by atoms with Crippen LogP contribution in [-0.2, 0) is 4.79 Å². The molecule has 0 aliphatic carbocycles. The summed E-state index contributed by atoms with van der Waals surface area (Å²) in [6.07, 6.45) is 1.47. The van der Waals surface area contributed by atoms with Gasteiger partial charge in [-0.1, -0.05) is 36.4 Å². The van der Waals surface area contributed by atoms with Crippen LogP contribution in [0.25, 0.3) is 0 Å². The monoisotopic (exact) mass is 203 g/mol. The number of hydrogen-bond donors (Lipinski definition) is 1. The summed E-state index contributed by atoms with van der Waals surface area (Å²) in [4.78, 5) is 22.6. The fraction of sp³-hybridized carbons (Fsp3) is 0.167. The molecule has 15 heavy (non-hydrogen) atoms. The van der Waals surface area contributed by atoms with Gasteiger partial charge in [0.1, 0.15) is 0 Å². The Hall–Kier alpha value is -1.90. The van der Waals surface area contributed by atoms with E-state index in [1.54, 1.807) is 24.3 Å². The van der Waals surface area contributed by atoms with Gasteiger partial charge in [-0.05, 0) is 0 Å². The summed E-state index contributed by atoms with van der Waals surface area (Å²) < 4.78 is 0. The highest BCUT2D eigenvalue weighted by Crippen LogP contribution is 2.13. The molecule has 78 valence electrons. The molecule has 0 aliphatic rings. The minimum atomic E-state index is -0.523. The second kappa shape index (κ2) is 5.10. The second-order valence-corrected chi connectivity index (χ2v) is 3.24. The lowest BCUT2D eigenvalue weighted by Gasteiger charge is -2.08. The molecule has 1 rings (SSSR count). The van der Waals surface area contributed by atoms with Gasteiger partial charge in [-0.3, -0.25) is 9.59 Å². The van der Waals surface area contributed by atoms with Crippen LogP contribution in [0.1, 0.15) is 16.8 Å². The average Bonchev–Trinajstić information content (AvgIpc) is 2.26. The number of rotatable bonds is 5. The van der Waals surface area contributed by atoms with Crippen LogP contribution in [0, 0.1) is 5.92 Å². The van der Waals surface area contributed by atoms with Crippen molar-refractivity contribution in [3.63, 3.8) is 0 Å². The first kappa shape index (κ1) is 11.2. The predicted octanol–water partition coefficient (Wildman–Crippen LogP) is 1.55. The molecule has 0 aliphatic heterocycles. The Balaban J connectivity index is 2.82. The summed E-state index contributed by atoms with van der Waals surface area (Å²) in [5.74, 6) is -1.14. The number of benzene rings is 1. The quantitative estimate of drug-likeness (QED) is 0.583. The lowest BCUT2D eigenvalue weighted by molar-refractivity contribution is -0.118. The minimum Gasteiger partial charge on any atom is -0.370 e. The van der Waals surface area contributed by atoms with Crippen LogP contribution in [-0.4, -0.2) is 11.7 Å². The molecule has 0 aromatic heterocycles. The first-order valence-corrected chi connectivity index (χ1v) is 4.65. The molecule has 0 radical (unpaired) electrons. The SMILES string of the molecule is C=CC(CC(N)=O)C(=O)c1ccccc1. The number of carbonyl (C=O) groups excluding carboxylic acids is 2. The van der Waals surface area contributed by atoms with Gasteiger partial charge in [-0.15, -0.1) is 6.58 Å². The maximum Gasteiger partial charge on any atom is 0.218 e. The van der Waals surface area contributed by atoms with Crippen molar-refractivity contribution in [3.8, 4) is 0 Å². The third-order valence-corrected chi connectivity index (χ3v) is 2.10. The van der Waals surface area contributed by atoms with Gasteiger partial charge in [0.2, 0.25) is 5.91 Å². The summed E-state index contributed by atoms with van der Waals surface area (Å²) >= 11 is 0. The topological polar surface area (TPSA) is 60.2 Å². The molecule has 1 aromatic carbocycles. The number of allylic oxidation sites excluding steroid dienone is 1. The molecule has 0 fully saturated rings. The molecule has 0 saturated carbocycles. The molecule has 1 atom stereocenters. The molecule has 3 heteroatoms.